The highest BCUT2D eigenvalue weighted by atomic mass is 16.2. The third-order valence-electron chi connectivity index (χ3n) is 3.84. The van der Waals surface area contributed by atoms with Crippen LogP contribution in [-0.4, -0.2) is 23.5 Å². The third-order valence-corrected chi connectivity index (χ3v) is 3.84. The summed E-state index contributed by atoms with van der Waals surface area (Å²) in [4.78, 5) is 14.3. The minimum Gasteiger partial charge on any atom is -0.326 e. The van der Waals surface area contributed by atoms with Gasteiger partial charge in [-0.25, -0.2) is 4.79 Å². The van der Waals surface area contributed by atoms with Crippen LogP contribution in [0.2, 0.25) is 0 Å². The van der Waals surface area contributed by atoms with E-state index in [1.807, 2.05) is 29.2 Å². The van der Waals surface area contributed by atoms with Crippen LogP contribution in [0.4, 0.5) is 10.5 Å². The van der Waals surface area contributed by atoms with E-state index in [2.05, 4.69) is 5.32 Å². The second-order valence-electron chi connectivity index (χ2n) is 5.66. The molecule has 2 fully saturated rings. The van der Waals surface area contributed by atoms with Crippen LogP contribution in [0.3, 0.4) is 0 Å². The summed E-state index contributed by atoms with van der Waals surface area (Å²) in [6.07, 6.45) is 4.88. The molecule has 4 heteroatoms. The van der Waals surface area contributed by atoms with Gasteiger partial charge in [0.05, 0.1) is 0 Å². The van der Waals surface area contributed by atoms with E-state index in [0.29, 0.717) is 12.6 Å². The minimum atomic E-state index is 0.0508. The van der Waals surface area contributed by atoms with E-state index in [0.717, 1.165) is 36.6 Å². The van der Waals surface area contributed by atoms with Gasteiger partial charge in [-0.05, 0) is 49.3 Å². The van der Waals surface area contributed by atoms with Crippen LogP contribution in [0.15, 0.2) is 24.3 Å². The van der Waals surface area contributed by atoms with Gasteiger partial charge in [0.15, 0.2) is 0 Å². The van der Waals surface area contributed by atoms with Gasteiger partial charge in [0, 0.05) is 24.8 Å². The molecule has 1 aromatic carbocycles. The Morgan fingerprint density at radius 3 is 2.42 bits per heavy atom. The van der Waals surface area contributed by atoms with Gasteiger partial charge < -0.3 is 16.0 Å². The van der Waals surface area contributed by atoms with Crippen molar-refractivity contribution < 1.29 is 4.79 Å². The molecule has 0 unspecified atom stereocenters. The zero-order valence-electron chi connectivity index (χ0n) is 11.1. The topological polar surface area (TPSA) is 58.4 Å². The van der Waals surface area contributed by atoms with Crippen LogP contribution in [0.1, 0.15) is 31.2 Å². The number of nitrogens with zero attached hydrogens (tertiary/aromatic N) is 1. The Balaban J connectivity index is 1.61. The van der Waals surface area contributed by atoms with Crippen LogP contribution in [0.25, 0.3) is 0 Å². The van der Waals surface area contributed by atoms with Crippen molar-refractivity contribution in [1.82, 2.24) is 4.90 Å². The molecule has 0 atom stereocenters. The second kappa shape index (κ2) is 5.21. The molecule has 1 aromatic rings. The molecule has 3 N–H and O–H groups in total. The Labute approximate surface area is 114 Å². The highest BCUT2D eigenvalue weighted by molar-refractivity contribution is 5.89. The van der Waals surface area contributed by atoms with E-state index in [-0.39, 0.29) is 6.03 Å². The highest BCUT2D eigenvalue weighted by Crippen LogP contribution is 2.35. The highest BCUT2D eigenvalue weighted by Gasteiger charge is 2.36. The Bertz CT molecular complexity index is 449. The smallest absolute Gasteiger partial charge is 0.322 e. The quantitative estimate of drug-likeness (QED) is 0.853. The van der Waals surface area contributed by atoms with Gasteiger partial charge in [0.25, 0.3) is 0 Å². The number of carbonyl (C=O) groups is 1. The van der Waals surface area contributed by atoms with Crippen LogP contribution >= 0.6 is 0 Å². The van der Waals surface area contributed by atoms with Crippen molar-refractivity contribution in [2.45, 2.75) is 38.3 Å². The summed E-state index contributed by atoms with van der Waals surface area (Å²) in [6.45, 7) is 1.46. The number of nitrogens with one attached hydrogen (secondary N) is 1. The van der Waals surface area contributed by atoms with Gasteiger partial charge in [0.1, 0.15) is 0 Å². The third kappa shape index (κ3) is 3.26. The van der Waals surface area contributed by atoms with Gasteiger partial charge in [-0.1, -0.05) is 12.1 Å². The Morgan fingerprint density at radius 2 is 1.89 bits per heavy atom. The lowest BCUT2D eigenvalue weighted by atomic mass is 10.2. The maximum Gasteiger partial charge on any atom is 0.322 e. The maximum atomic E-state index is 12.3. The summed E-state index contributed by atoms with van der Waals surface area (Å²) in [5.74, 6) is 0.742. The summed E-state index contributed by atoms with van der Waals surface area (Å²) >= 11 is 0. The largest absolute Gasteiger partial charge is 0.326 e. The molecule has 0 heterocycles. The molecule has 0 aromatic heterocycles. The van der Waals surface area contributed by atoms with Crippen molar-refractivity contribution in [2.75, 3.05) is 11.9 Å². The monoisotopic (exact) mass is 259 g/mol. The molecule has 4 nitrogen and oxygen atoms in total. The summed E-state index contributed by atoms with van der Waals surface area (Å²) < 4.78 is 0. The Morgan fingerprint density at radius 1 is 1.21 bits per heavy atom. The normalized spacial score (nSPS) is 18.2. The number of benzene rings is 1. The molecule has 0 radical (unpaired) electrons. The van der Waals surface area contributed by atoms with Crippen molar-refractivity contribution in [3.63, 3.8) is 0 Å². The first kappa shape index (κ1) is 12.5. The van der Waals surface area contributed by atoms with Gasteiger partial charge in [-0.3, -0.25) is 0 Å². The predicted octanol–water partition coefficient (Wildman–Crippen LogP) is 2.55. The number of rotatable bonds is 5. The predicted molar refractivity (Wildman–Crippen MR) is 75.8 cm³/mol. The van der Waals surface area contributed by atoms with E-state index in [4.69, 9.17) is 5.73 Å². The summed E-state index contributed by atoms with van der Waals surface area (Å²) in [5, 5.41) is 2.99. The van der Waals surface area contributed by atoms with Gasteiger partial charge in [-0.15, -0.1) is 0 Å². The standard InChI is InChI=1S/C15H21N3O/c16-9-11-3-5-13(6-4-11)17-15(19)18(14-7-8-14)10-12-1-2-12/h3-6,12,14H,1-2,7-10,16H2,(H,17,19). The molecule has 0 spiro atoms. The molecule has 0 aliphatic heterocycles. The molecule has 0 bridgehead atoms. The fraction of sp³-hybridized carbons (Fsp3) is 0.533. The van der Waals surface area contributed by atoms with Crippen LogP contribution in [-0.2, 0) is 6.54 Å². The van der Waals surface area contributed by atoms with E-state index in [1.54, 1.807) is 0 Å². The summed E-state index contributed by atoms with van der Waals surface area (Å²) in [6, 6.07) is 8.28. The molecule has 2 aliphatic carbocycles. The lowest BCUT2D eigenvalue weighted by Gasteiger charge is -2.22. The van der Waals surface area contributed by atoms with Crippen LogP contribution in [0, 0.1) is 5.92 Å². The van der Waals surface area contributed by atoms with Gasteiger partial charge in [-0.2, -0.15) is 0 Å². The van der Waals surface area contributed by atoms with Crippen LogP contribution in [0.5, 0.6) is 0 Å². The second-order valence-corrected chi connectivity index (χ2v) is 5.66. The fourth-order valence-corrected chi connectivity index (χ4v) is 2.28. The minimum absolute atomic E-state index is 0.0508. The maximum absolute atomic E-state index is 12.3. The van der Waals surface area contributed by atoms with Crippen LogP contribution < -0.4 is 11.1 Å². The Hall–Kier alpha value is -1.55. The fourth-order valence-electron chi connectivity index (χ4n) is 2.28. The number of nitrogens with two attached hydrogens (primary N) is 1. The van der Waals surface area contributed by atoms with Gasteiger partial charge >= 0.3 is 6.03 Å². The first-order chi connectivity index (χ1) is 9.26. The Kier molecular flexibility index (Phi) is 3.42. The van der Waals surface area contributed by atoms with Crippen molar-refractivity contribution in [1.29, 1.82) is 0 Å². The van der Waals surface area contributed by atoms with Crippen molar-refractivity contribution in [3.05, 3.63) is 29.8 Å². The number of hydrogen-bond donors (Lipinski definition) is 2. The van der Waals surface area contributed by atoms with Gasteiger partial charge in [0.2, 0.25) is 0 Å². The number of carbonyl (C=O) groups excluding carboxylic acids is 1. The molecular formula is C15H21N3O. The zero-order valence-corrected chi connectivity index (χ0v) is 11.1. The average Bonchev–Trinajstić information content (AvgIpc) is 3.28. The SMILES string of the molecule is NCc1ccc(NC(=O)N(CC2CC2)C2CC2)cc1. The van der Waals surface area contributed by atoms with Crippen molar-refractivity contribution in [3.8, 4) is 0 Å². The molecule has 19 heavy (non-hydrogen) atoms. The number of amides is 2. The summed E-state index contributed by atoms with van der Waals surface area (Å²) in [7, 11) is 0. The average molecular weight is 259 g/mol. The number of hydrogen-bond acceptors (Lipinski definition) is 2. The van der Waals surface area contributed by atoms with E-state index in [9.17, 15) is 4.79 Å². The molecule has 2 saturated carbocycles. The first-order valence-electron chi connectivity index (χ1n) is 7.13. The molecule has 2 aliphatic rings. The number of urea groups is 1. The molecular weight excluding hydrogens is 238 g/mol. The number of anilines is 1. The van der Waals surface area contributed by atoms with Crippen molar-refractivity contribution in [2.24, 2.45) is 11.7 Å². The molecule has 3 rings (SSSR count). The lowest BCUT2D eigenvalue weighted by molar-refractivity contribution is 0.206. The van der Waals surface area contributed by atoms with E-state index >= 15 is 0 Å². The first-order valence-corrected chi connectivity index (χ1v) is 7.13. The molecule has 0 saturated heterocycles. The molecule has 102 valence electrons. The zero-order chi connectivity index (χ0) is 13.2. The van der Waals surface area contributed by atoms with Crippen molar-refractivity contribution >= 4 is 11.7 Å². The van der Waals surface area contributed by atoms with E-state index < -0.39 is 0 Å². The summed E-state index contributed by atoms with van der Waals surface area (Å²) in [5.41, 5.74) is 7.49. The molecule has 2 amide bonds. The van der Waals surface area contributed by atoms with E-state index in [1.165, 1.54) is 12.8 Å². The lowest BCUT2D eigenvalue weighted by Crippen LogP contribution is -2.38.